The fraction of sp³-hybridized carbons (Fsp3) is 0.684. The molecule has 0 saturated carbocycles. The number of rotatable bonds is 7. The number of hydrogen-bond donors (Lipinski definition) is 2. The molecule has 2 N–H and O–H groups in total. The minimum absolute atomic E-state index is 0.0859. The van der Waals surface area contributed by atoms with Crippen LogP contribution >= 0.6 is 23.1 Å². The van der Waals surface area contributed by atoms with Gasteiger partial charge in [-0.25, -0.2) is 9.97 Å². The lowest BCUT2D eigenvalue weighted by Gasteiger charge is -2.33. The fourth-order valence-electron chi connectivity index (χ4n) is 3.10. The Morgan fingerprint density at radius 3 is 2.77 bits per heavy atom. The van der Waals surface area contributed by atoms with Crippen LogP contribution in [0.15, 0.2) is 5.16 Å². The van der Waals surface area contributed by atoms with Crippen molar-refractivity contribution in [2.75, 3.05) is 32.5 Å². The quantitative estimate of drug-likeness (QED) is 0.558. The van der Waals surface area contributed by atoms with Gasteiger partial charge in [0.15, 0.2) is 5.16 Å². The zero-order valence-corrected chi connectivity index (χ0v) is 18.4. The SMILES string of the molecule is CC[C@]1(C)Cc2c(sc3nc(SC(C)C)nc(NCC[NH+](C)C)c23)CO1. The van der Waals surface area contributed by atoms with E-state index >= 15 is 0 Å². The molecule has 2 aromatic rings. The zero-order chi connectivity index (χ0) is 18.9. The topological polar surface area (TPSA) is 51.5 Å². The van der Waals surface area contributed by atoms with Crippen LogP contribution < -0.4 is 10.2 Å². The lowest BCUT2D eigenvalue weighted by atomic mass is 9.90. The van der Waals surface area contributed by atoms with Crippen LogP contribution in [0.2, 0.25) is 0 Å². The van der Waals surface area contributed by atoms with Gasteiger partial charge in [0.25, 0.3) is 0 Å². The Balaban J connectivity index is 2.03. The number of thioether (sulfide) groups is 1. The number of hydrogen-bond acceptors (Lipinski definition) is 6. The van der Waals surface area contributed by atoms with Crippen molar-refractivity contribution < 1.29 is 9.64 Å². The van der Waals surface area contributed by atoms with E-state index in [-0.39, 0.29) is 5.60 Å². The summed E-state index contributed by atoms with van der Waals surface area (Å²) >= 11 is 3.50. The van der Waals surface area contributed by atoms with Crippen molar-refractivity contribution in [1.82, 2.24) is 9.97 Å². The summed E-state index contributed by atoms with van der Waals surface area (Å²) in [5, 5.41) is 6.14. The van der Waals surface area contributed by atoms with Crippen LogP contribution in [0.5, 0.6) is 0 Å². The monoisotopic (exact) mass is 395 g/mol. The van der Waals surface area contributed by atoms with E-state index in [0.29, 0.717) is 11.9 Å². The van der Waals surface area contributed by atoms with Crippen molar-refractivity contribution in [2.24, 2.45) is 0 Å². The molecule has 2 aromatic heterocycles. The first-order valence-electron chi connectivity index (χ1n) is 9.47. The molecule has 1 aliphatic rings. The lowest BCUT2D eigenvalue weighted by molar-refractivity contribution is -0.856. The van der Waals surface area contributed by atoms with Gasteiger partial charge in [-0.05, 0) is 18.9 Å². The molecule has 0 aromatic carbocycles. The van der Waals surface area contributed by atoms with E-state index in [1.165, 1.54) is 20.7 Å². The van der Waals surface area contributed by atoms with E-state index in [9.17, 15) is 0 Å². The lowest BCUT2D eigenvalue weighted by Crippen LogP contribution is -3.06. The van der Waals surface area contributed by atoms with E-state index in [2.05, 4.69) is 47.1 Å². The van der Waals surface area contributed by atoms with Gasteiger partial charge in [-0.2, -0.15) is 0 Å². The van der Waals surface area contributed by atoms with Crippen molar-refractivity contribution in [2.45, 2.75) is 63.2 Å². The minimum Gasteiger partial charge on any atom is -0.369 e. The second kappa shape index (κ2) is 8.00. The van der Waals surface area contributed by atoms with E-state index in [1.807, 2.05) is 0 Å². The van der Waals surface area contributed by atoms with Crippen molar-refractivity contribution >= 4 is 39.1 Å². The predicted octanol–water partition coefficient (Wildman–Crippen LogP) is 2.99. The van der Waals surface area contributed by atoms with E-state index < -0.39 is 0 Å². The largest absolute Gasteiger partial charge is 0.369 e. The number of likely N-dealkylation sites (N-methyl/N-ethyl adjacent to an activating group) is 1. The average Bonchev–Trinajstić information content (AvgIpc) is 2.91. The first-order chi connectivity index (χ1) is 12.3. The molecule has 0 bridgehead atoms. The summed E-state index contributed by atoms with van der Waals surface area (Å²) in [6.45, 7) is 11.4. The van der Waals surface area contributed by atoms with Gasteiger partial charge in [0.05, 0.1) is 44.8 Å². The molecular weight excluding hydrogens is 364 g/mol. The molecule has 0 amide bonds. The van der Waals surface area contributed by atoms with Crippen molar-refractivity contribution in [1.29, 1.82) is 0 Å². The highest BCUT2D eigenvalue weighted by Gasteiger charge is 2.33. The standard InChI is InChI=1S/C19H30N4OS2/c1-7-19(4)10-13-14(11-24-19)26-17-15(13)16(20-8-9-23(5)6)21-18(22-17)25-12(2)3/h12H,7-11H2,1-6H3,(H,20,21,22)/p+1/t19-/m1/s1. The third kappa shape index (κ3) is 4.32. The van der Waals surface area contributed by atoms with Crippen LogP contribution in [0.4, 0.5) is 5.82 Å². The van der Waals surface area contributed by atoms with Gasteiger partial charge in [-0.3, -0.25) is 0 Å². The number of ether oxygens (including phenoxy) is 1. The van der Waals surface area contributed by atoms with Gasteiger partial charge in [0.1, 0.15) is 10.6 Å². The molecule has 7 heteroatoms. The second-order valence-corrected chi connectivity index (χ2v) is 10.5. The van der Waals surface area contributed by atoms with Crippen LogP contribution in [-0.2, 0) is 17.8 Å². The van der Waals surface area contributed by atoms with Gasteiger partial charge in [-0.15, -0.1) is 11.3 Å². The van der Waals surface area contributed by atoms with Crippen molar-refractivity contribution in [3.8, 4) is 0 Å². The highest BCUT2D eigenvalue weighted by atomic mass is 32.2. The summed E-state index contributed by atoms with van der Waals surface area (Å²) < 4.78 is 6.15. The number of anilines is 1. The van der Waals surface area contributed by atoms with E-state index in [0.717, 1.165) is 41.7 Å². The Hall–Kier alpha value is -0.890. The van der Waals surface area contributed by atoms with Crippen molar-refractivity contribution in [3.05, 3.63) is 10.4 Å². The maximum atomic E-state index is 6.15. The van der Waals surface area contributed by atoms with E-state index in [1.54, 1.807) is 23.1 Å². The zero-order valence-electron chi connectivity index (χ0n) is 16.7. The van der Waals surface area contributed by atoms with Gasteiger partial charge in [0.2, 0.25) is 0 Å². The molecule has 0 saturated heterocycles. The predicted molar refractivity (Wildman–Crippen MR) is 112 cm³/mol. The number of fused-ring (bicyclic) bond motifs is 3. The Morgan fingerprint density at radius 1 is 1.35 bits per heavy atom. The van der Waals surface area contributed by atoms with Crippen LogP contribution in [0, 0.1) is 0 Å². The molecule has 1 atom stereocenters. The molecule has 0 unspecified atom stereocenters. The van der Waals surface area contributed by atoms with Crippen LogP contribution in [-0.4, -0.2) is 48.0 Å². The summed E-state index contributed by atoms with van der Waals surface area (Å²) in [5.41, 5.74) is 1.30. The van der Waals surface area contributed by atoms with Crippen molar-refractivity contribution in [3.63, 3.8) is 0 Å². The summed E-state index contributed by atoms with van der Waals surface area (Å²) in [4.78, 5) is 13.6. The molecule has 1 aliphatic heterocycles. The number of aromatic nitrogens is 2. The molecule has 0 spiro atoms. The number of nitrogens with one attached hydrogen (secondary N) is 2. The molecule has 3 rings (SSSR count). The number of nitrogens with zero attached hydrogens (tertiary/aromatic N) is 2. The molecule has 0 fully saturated rings. The minimum atomic E-state index is -0.0859. The van der Waals surface area contributed by atoms with Crippen LogP contribution in [0.3, 0.4) is 0 Å². The van der Waals surface area contributed by atoms with Gasteiger partial charge >= 0.3 is 0 Å². The molecule has 0 radical (unpaired) electrons. The molecule has 0 aliphatic carbocycles. The summed E-state index contributed by atoms with van der Waals surface area (Å²) in [6, 6.07) is 0. The van der Waals surface area contributed by atoms with Crippen LogP contribution in [0.25, 0.3) is 10.2 Å². The maximum Gasteiger partial charge on any atom is 0.191 e. The first kappa shape index (κ1) is 19.9. The van der Waals surface area contributed by atoms with Crippen LogP contribution in [0.1, 0.15) is 44.6 Å². The Bertz CT molecular complexity index is 774. The first-order valence-corrected chi connectivity index (χ1v) is 11.2. The molecule has 5 nitrogen and oxygen atoms in total. The maximum absolute atomic E-state index is 6.15. The number of quaternary nitrogens is 1. The van der Waals surface area contributed by atoms with E-state index in [4.69, 9.17) is 14.7 Å². The second-order valence-electron chi connectivity index (χ2n) is 7.86. The third-order valence-electron chi connectivity index (χ3n) is 4.82. The summed E-state index contributed by atoms with van der Waals surface area (Å²) in [6.07, 6.45) is 1.95. The average molecular weight is 396 g/mol. The van der Waals surface area contributed by atoms with Gasteiger partial charge in [-0.1, -0.05) is 32.5 Å². The highest BCUT2D eigenvalue weighted by molar-refractivity contribution is 7.99. The molecule has 3 heterocycles. The Labute approximate surface area is 164 Å². The Kier molecular flexibility index (Phi) is 6.11. The fourth-order valence-corrected chi connectivity index (χ4v) is 4.97. The highest BCUT2D eigenvalue weighted by Crippen LogP contribution is 2.42. The Morgan fingerprint density at radius 2 is 2.12 bits per heavy atom. The summed E-state index contributed by atoms with van der Waals surface area (Å²) in [7, 11) is 4.35. The molecule has 144 valence electrons. The van der Waals surface area contributed by atoms with Gasteiger partial charge in [0, 0.05) is 16.5 Å². The summed E-state index contributed by atoms with van der Waals surface area (Å²) in [5.74, 6) is 0.997. The smallest absolute Gasteiger partial charge is 0.191 e. The number of thiophene rings is 1. The molecule has 26 heavy (non-hydrogen) atoms. The molecular formula is C19H31N4OS2+. The van der Waals surface area contributed by atoms with Gasteiger partial charge < -0.3 is 15.0 Å². The normalized spacial score (nSPS) is 20.2. The third-order valence-corrected chi connectivity index (χ3v) is 6.79.